The Hall–Kier alpha value is -7.74. The highest BCUT2D eigenvalue weighted by molar-refractivity contribution is 6.29. The van der Waals surface area contributed by atoms with Gasteiger partial charge in [-0.1, -0.05) is 6.07 Å². The van der Waals surface area contributed by atoms with Crippen molar-refractivity contribution in [2.24, 2.45) is 0 Å². The molecular weight excluding hydrogens is 562 g/mol. The summed E-state index contributed by atoms with van der Waals surface area (Å²) >= 11 is 0. The maximum absolute atomic E-state index is 13.9. The fourth-order valence-corrected chi connectivity index (χ4v) is 5.17. The number of fused-ring (bicyclic) bond motifs is 2. The number of aromatic nitrogens is 2. The highest BCUT2D eigenvalue weighted by Crippen LogP contribution is 2.55. The zero-order valence-electron chi connectivity index (χ0n) is 21.7. The fourth-order valence-electron chi connectivity index (χ4n) is 5.17. The molecule has 0 atom stereocenters. The molecule has 0 amide bonds. The Bertz CT molecular complexity index is 2190. The van der Waals surface area contributed by atoms with Gasteiger partial charge in [-0.3, -0.25) is 0 Å². The van der Waals surface area contributed by atoms with Gasteiger partial charge in [-0.2, -0.15) is 24.6 Å². The van der Waals surface area contributed by atoms with Gasteiger partial charge in [0, 0.05) is 22.3 Å². The van der Waals surface area contributed by atoms with Gasteiger partial charge in [-0.15, -0.1) is 0 Å². The van der Waals surface area contributed by atoms with Crippen molar-refractivity contribution in [3.8, 4) is 30.3 Å². The van der Waals surface area contributed by atoms with Gasteiger partial charge in [-0.25, -0.2) is 35.0 Å². The van der Waals surface area contributed by atoms with Crippen LogP contribution in [-0.2, 0) is 0 Å². The molecule has 2 aliphatic rings. The molecule has 198 valence electrons. The summed E-state index contributed by atoms with van der Waals surface area (Å²) in [6, 6.07) is 16.2. The Morgan fingerprint density at radius 2 is 1.09 bits per heavy atom. The highest BCUT2D eigenvalue weighted by Gasteiger charge is 2.38. The van der Waals surface area contributed by atoms with E-state index in [9.17, 15) is 35.1 Å². The second-order valence-electron chi connectivity index (χ2n) is 8.82. The summed E-state index contributed by atoms with van der Waals surface area (Å²) in [6.45, 7) is 23.3. The Morgan fingerprint density at radius 1 is 0.614 bits per heavy atom. The standard InChI is InChI=1S/C32H6F2N10/c1-40-24(13-38)29-18-9-20-19(8-17(18)21(10-35)28(29)15-4-6-26(33)43-22(15)11-36)30(25(14-39)41-2)31(32(20)42-3)16-5-7-27(34)44-23(16)12-37/h4-9H/b29-24+,30-25-. The van der Waals surface area contributed by atoms with Crippen molar-refractivity contribution in [2.45, 2.75) is 0 Å². The average Bonchev–Trinajstić information content (AvgIpc) is 3.52. The minimum atomic E-state index is -0.973. The van der Waals surface area contributed by atoms with Crippen LogP contribution >= 0.6 is 0 Å². The number of rotatable bonds is 2. The van der Waals surface area contributed by atoms with Crippen LogP contribution < -0.4 is 0 Å². The number of pyridine rings is 2. The lowest BCUT2D eigenvalue weighted by Crippen LogP contribution is -1.98. The van der Waals surface area contributed by atoms with Gasteiger partial charge in [0.15, 0.2) is 5.69 Å². The van der Waals surface area contributed by atoms with Crippen molar-refractivity contribution < 1.29 is 8.78 Å². The lowest BCUT2D eigenvalue weighted by molar-refractivity contribution is 0.581. The molecule has 2 aliphatic carbocycles. The minimum absolute atomic E-state index is 0.0231. The number of allylic oxidation sites excluding steroid dienone is 7. The predicted octanol–water partition coefficient (Wildman–Crippen LogP) is 6.06. The molecule has 0 saturated heterocycles. The van der Waals surface area contributed by atoms with Crippen LogP contribution in [0.1, 0.15) is 44.8 Å². The van der Waals surface area contributed by atoms with E-state index in [1.807, 2.05) is 6.07 Å². The maximum atomic E-state index is 13.9. The smallest absolute Gasteiger partial charge is 0.237 e. The van der Waals surface area contributed by atoms with Crippen LogP contribution in [0, 0.1) is 88.3 Å². The average molecular weight is 568 g/mol. The fraction of sp³-hybridized carbons (Fsp3) is 0. The maximum Gasteiger partial charge on any atom is 0.270 e. The van der Waals surface area contributed by atoms with Gasteiger partial charge in [0.1, 0.15) is 23.9 Å². The summed E-state index contributed by atoms with van der Waals surface area (Å²) in [4.78, 5) is 17.4. The second kappa shape index (κ2) is 10.7. The topological polar surface area (TPSA) is 158 Å². The molecular formula is C32H6F2N10. The van der Waals surface area contributed by atoms with E-state index in [1.54, 1.807) is 24.3 Å². The number of halogens is 2. The van der Waals surface area contributed by atoms with Gasteiger partial charge in [0.05, 0.1) is 37.4 Å². The molecule has 0 saturated carbocycles. The molecule has 0 spiro atoms. The first-order valence-corrected chi connectivity index (χ1v) is 12.0. The molecule has 0 N–H and O–H groups in total. The van der Waals surface area contributed by atoms with Crippen molar-refractivity contribution in [2.75, 3.05) is 0 Å². The molecule has 0 bridgehead atoms. The number of nitrogens with zero attached hydrogens (tertiary/aromatic N) is 10. The lowest BCUT2D eigenvalue weighted by atomic mass is 9.91. The zero-order valence-corrected chi connectivity index (χ0v) is 21.7. The molecule has 1 aromatic carbocycles. The van der Waals surface area contributed by atoms with Crippen molar-refractivity contribution >= 4 is 33.6 Å². The molecule has 12 heteroatoms. The molecule has 2 aromatic heterocycles. The van der Waals surface area contributed by atoms with Crippen molar-refractivity contribution in [1.82, 2.24) is 9.97 Å². The molecule has 44 heavy (non-hydrogen) atoms. The Kier molecular flexibility index (Phi) is 6.75. The molecule has 0 aliphatic heterocycles. The molecule has 5 rings (SSSR count). The van der Waals surface area contributed by atoms with Crippen LogP contribution in [0.4, 0.5) is 8.78 Å². The third-order valence-electron chi connectivity index (χ3n) is 6.81. The van der Waals surface area contributed by atoms with E-state index in [-0.39, 0.29) is 66.9 Å². The Morgan fingerprint density at radius 3 is 1.55 bits per heavy atom. The molecule has 0 fully saturated rings. The van der Waals surface area contributed by atoms with E-state index in [2.05, 4.69) is 24.5 Å². The van der Waals surface area contributed by atoms with Gasteiger partial charge in [0.2, 0.25) is 17.6 Å². The summed E-state index contributed by atoms with van der Waals surface area (Å²) < 4.78 is 27.9. The van der Waals surface area contributed by atoms with Crippen LogP contribution in [0.15, 0.2) is 47.8 Å². The lowest BCUT2D eigenvalue weighted by Gasteiger charge is -2.12. The summed E-state index contributed by atoms with van der Waals surface area (Å²) in [5.74, 6) is -1.94. The number of hydrogen-bond donors (Lipinski definition) is 0. The molecule has 3 aromatic rings. The first kappa shape index (κ1) is 27.8. The third-order valence-corrected chi connectivity index (χ3v) is 6.81. The Labute approximate surface area is 247 Å². The van der Waals surface area contributed by atoms with E-state index in [0.29, 0.717) is 0 Å². The van der Waals surface area contributed by atoms with Gasteiger partial charge >= 0.3 is 0 Å². The quantitative estimate of drug-likeness (QED) is 0.207. The monoisotopic (exact) mass is 568 g/mol. The van der Waals surface area contributed by atoms with E-state index < -0.39 is 34.7 Å². The van der Waals surface area contributed by atoms with Crippen LogP contribution in [0.2, 0.25) is 0 Å². The van der Waals surface area contributed by atoms with E-state index >= 15 is 0 Å². The second-order valence-corrected chi connectivity index (χ2v) is 8.82. The van der Waals surface area contributed by atoms with Crippen molar-refractivity contribution in [1.29, 1.82) is 26.3 Å². The Balaban J connectivity index is 1.97. The SMILES string of the molecule is [C-]#[N+]C1=C(c2ccc(F)nc2C#N)/C(=C(/C#N)[N+]#[C-])c2cc3c(cc21)/C(=C(/C#N)[N+]#[C-])C(c1ccc(F)nc1C#N)=C3C#N. The summed E-state index contributed by atoms with van der Waals surface area (Å²) in [5.41, 5.74) is -1.78. The molecule has 10 nitrogen and oxygen atoms in total. The van der Waals surface area contributed by atoms with Crippen LogP contribution in [0.3, 0.4) is 0 Å². The van der Waals surface area contributed by atoms with Crippen LogP contribution in [0.5, 0.6) is 0 Å². The minimum Gasteiger partial charge on any atom is -0.237 e. The van der Waals surface area contributed by atoms with Gasteiger partial charge in [-0.05, 0) is 63.7 Å². The summed E-state index contributed by atoms with van der Waals surface area (Å²) in [6.07, 6.45) is 0. The summed E-state index contributed by atoms with van der Waals surface area (Å²) in [5, 5.41) is 49.5. The van der Waals surface area contributed by atoms with E-state index in [4.69, 9.17) is 19.7 Å². The third kappa shape index (κ3) is 3.93. The summed E-state index contributed by atoms with van der Waals surface area (Å²) in [7, 11) is 0. The predicted molar refractivity (Wildman–Crippen MR) is 148 cm³/mol. The highest BCUT2D eigenvalue weighted by atomic mass is 19.1. The first-order valence-electron chi connectivity index (χ1n) is 12.0. The van der Waals surface area contributed by atoms with Gasteiger partial charge < -0.3 is 0 Å². The van der Waals surface area contributed by atoms with Crippen molar-refractivity contribution in [3.05, 3.63) is 139 Å². The number of benzene rings is 1. The molecule has 0 radical (unpaired) electrons. The zero-order chi connectivity index (χ0) is 31.7. The normalized spacial score (nSPS) is 14.8. The van der Waals surface area contributed by atoms with Crippen LogP contribution in [-0.4, -0.2) is 9.97 Å². The molecule has 0 unspecified atom stereocenters. The van der Waals surface area contributed by atoms with E-state index in [0.717, 1.165) is 12.1 Å². The van der Waals surface area contributed by atoms with Crippen molar-refractivity contribution in [3.63, 3.8) is 0 Å². The van der Waals surface area contributed by atoms with E-state index in [1.165, 1.54) is 24.3 Å². The van der Waals surface area contributed by atoms with Gasteiger partial charge in [0.25, 0.3) is 11.4 Å². The molecule has 2 heterocycles. The number of hydrogen-bond acceptors (Lipinski definition) is 7. The largest absolute Gasteiger partial charge is 0.270 e. The first-order chi connectivity index (χ1) is 21.3. The van der Waals surface area contributed by atoms with Crippen LogP contribution in [0.25, 0.3) is 48.1 Å². The number of nitriles is 5.